The maximum atomic E-state index is 10.8. The Hall–Kier alpha value is -2.09. The summed E-state index contributed by atoms with van der Waals surface area (Å²) in [5.74, 6) is 0.306. The van der Waals surface area contributed by atoms with Gasteiger partial charge in [-0.1, -0.05) is 43.3 Å². The van der Waals surface area contributed by atoms with Crippen LogP contribution in [0.15, 0.2) is 48.5 Å². The Bertz CT molecular complexity index is 538. The van der Waals surface area contributed by atoms with Crippen molar-refractivity contribution in [2.45, 2.75) is 26.7 Å². The number of hydrogen-bond donors (Lipinski definition) is 0. The lowest BCUT2D eigenvalue weighted by Gasteiger charge is -2.05. The second kappa shape index (κ2) is 6.19. The quantitative estimate of drug-likeness (QED) is 0.613. The normalized spacial score (nSPS) is 10.2. The van der Waals surface area contributed by atoms with Gasteiger partial charge in [-0.15, -0.1) is 0 Å². The van der Waals surface area contributed by atoms with Crippen molar-refractivity contribution in [2.24, 2.45) is 0 Å². The molecule has 0 amide bonds. The number of esters is 1. The maximum absolute atomic E-state index is 10.8. The minimum absolute atomic E-state index is 0.289. The third-order valence-corrected chi connectivity index (χ3v) is 3.02. The predicted octanol–water partition coefficient (Wildman–Crippen LogP) is 3.77. The van der Waals surface area contributed by atoms with E-state index in [0.29, 0.717) is 5.75 Å². The number of aryl methyl sites for hydroxylation is 1. The highest BCUT2D eigenvalue weighted by molar-refractivity contribution is 5.69. The van der Waals surface area contributed by atoms with Crippen LogP contribution in [0, 0.1) is 0 Å². The Labute approximate surface area is 114 Å². The lowest BCUT2D eigenvalue weighted by Crippen LogP contribution is -2.01. The van der Waals surface area contributed by atoms with Crippen LogP contribution >= 0.6 is 0 Å². The summed E-state index contributed by atoms with van der Waals surface area (Å²) in [7, 11) is 0. The van der Waals surface area contributed by atoms with Crippen LogP contribution in [0.5, 0.6) is 5.75 Å². The first-order valence-electron chi connectivity index (χ1n) is 6.52. The van der Waals surface area contributed by atoms with Gasteiger partial charge in [0, 0.05) is 6.92 Å². The fourth-order valence-electron chi connectivity index (χ4n) is 1.97. The SMILES string of the molecule is CCc1ccc(Cc2ccc(OC(C)=O)cc2)cc1. The van der Waals surface area contributed by atoms with E-state index < -0.39 is 0 Å². The summed E-state index contributed by atoms with van der Waals surface area (Å²) in [6.45, 7) is 3.56. The van der Waals surface area contributed by atoms with Gasteiger partial charge < -0.3 is 4.74 Å². The van der Waals surface area contributed by atoms with Gasteiger partial charge in [0.05, 0.1) is 0 Å². The summed E-state index contributed by atoms with van der Waals surface area (Å²) in [4.78, 5) is 10.8. The molecule has 0 spiro atoms. The summed E-state index contributed by atoms with van der Waals surface area (Å²) in [5, 5.41) is 0. The second-order valence-electron chi connectivity index (χ2n) is 4.58. The Morgan fingerprint density at radius 3 is 1.84 bits per heavy atom. The van der Waals surface area contributed by atoms with Crippen LogP contribution in [0.2, 0.25) is 0 Å². The number of ether oxygens (including phenoxy) is 1. The molecule has 2 nitrogen and oxygen atoms in total. The Balaban J connectivity index is 2.04. The van der Waals surface area contributed by atoms with E-state index in [-0.39, 0.29) is 5.97 Å². The van der Waals surface area contributed by atoms with Crippen molar-refractivity contribution >= 4 is 5.97 Å². The van der Waals surface area contributed by atoms with Crippen LogP contribution in [-0.2, 0) is 17.6 Å². The van der Waals surface area contributed by atoms with Crippen LogP contribution in [0.25, 0.3) is 0 Å². The van der Waals surface area contributed by atoms with E-state index in [1.165, 1.54) is 23.6 Å². The second-order valence-corrected chi connectivity index (χ2v) is 4.58. The number of hydrogen-bond acceptors (Lipinski definition) is 2. The van der Waals surface area contributed by atoms with Crippen LogP contribution < -0.4 is 4.74 Å². The monoisotopic (exact) mass is 254 g/mol. The van der Waals surface area contributed by atoms with Crippen molar-refractivity contribution in [3.63, 3.8) is 0 Å². The molecule has 2 aromatic rings. The van der Waals surface area contributed by atoms with Gasteiger partial charge >= 0.3 is 5.97 Å². The van der Waals surface area contributed by atoms with Crippen molar-refractivity contribution < 1.29 is 9.53 Å². The molecule has 0 aliphatic carbocycles. The molecule has 0 bridgehead atoms. The number of benzene rings is 2. The Morgan fingerprint density at radius 1 is 0.895 bits per heavy atom. The molecule has 0 N–H and O–H groups in total. The lowest BCUT2D eigenvalue weighted by molar-refractivity contribution is -0.131. The van der Waals surface area contributed by atoms with Gasteiger partial charge in [0.1, 0.15) is 5.75 Å². The molecular formula is C17H18O2. The molecule has 2 rings (SSSR count). The van der Waals surface area contributed by atoms with Gasteiger partial charge in [-0.25, -0.2) is 0 Å². The van der Waals surface area contributed by atoms with Crippen molar-refractivity contribution in [3.05, 3.63) is 65.2 Å². The molecule has 0 saturated heterocycles. The average Bonchev–Trinajstić information content (AvgIpc) is 2.41. The van der Waals surface area contributed by atoms with Gasteiger partial charge in [0.25, 0.3) is 0 Å². The zero-order valence-corrected chi connectivity index (χ0v) is 11.3. The lowest BCUT2D eigenvalue weighted by atomic mass is 10.0. The number of carbonyl (C=O) groups excluding carboxylic acids is 1. The molecule has 19 heavy (non-hydrogen) atoms. The Kier molecular flexibility index (Phi) is 4.35. The zero-order valence-electron chi connectivity index (χ0n) is 11.3. The number of rotatable bonds is 4. The largest absolute Gasteiger partial charge is 0.427 e. The van der Waals surface area contributed by atoms with E-state index in [1.807, 2.05) is 24.3 Å². The topological polar surface area (TPSA) is 26.3 Å². The molecule has 2 heteroatoms. The van der Waals surface area contributed by atoms with Gasteiger partial charge in [-0.3, -0.25) is 4.79 Å². The first-order valence-corrected chi connectivity index (χ1v) is 6.52. The molecule has 0 radical (unpaired) electrons. The predicted molar refractivity (Wildman–Crippen MR) is 76.4 cm³/mol. The van der Waals surface area contributed by atoms with E-state index in [1.54, 1.807) is 0 Å². The van der Waals surface area contributed by atoms with E-state index in [0.717, 1.165) is 12.8 Å². The van der Waals surface area contributed by atoms with Crippen molar-refractivity contribution in [3.8, 4) is 5.75 Å². The number of carbonyl (C=O) groups is 1. The van der Waals surface area contributed by atoms with E-state index >= 15 is 0 Å². The summed E-state index contributed by atoms with van der Waals surface area (Å²) >= 11 is 0. The molecule has 0 fully saturated rings. The highest BCUT2D eigenvalue weighted by atomic mass is 16.5. The third kappa shape index (κ3) is 3.95. The fourth-order valence-corrected chi connectivity index (χ4v) is 1.97. The van der Waals surface area contributed by atoms with Crippen molar-refractivity contribution in [2.75, 3.05) is 0 Å². The van der Waals surface area contributed by atoms with Gasteiger partial charge in [0.2, 0.25) is 0 Å². The van der Waals surface area contributed by atoms with Gasteiger partial charge in [0.15, 0.2) is 0 Å². The highest BCUT2D eigenvalue weighted by Crippen LogP contribution is 2.16. The summed E-state index contributed by atoms with van der Waals surface area (Å²) in [5.41, 5.74) is 3.85. The van der Waals surface area contributed by atoms with E-state index in [2.05, 4.69) is 31.2 Å². The van der Waals surface area contributed by atoms with Crippen LogP contribution in [-0.4, -0.2) is 5.97 Å². The molecule has 0 aliphatic rings. The molecule has 2 aromatic carbocycles. The molecule has 0 aromatic heterocycles. The average molecular weight is 254 g/mol. The summed E-state index contributed by atoms with van der Waals surface area (Å²) in [6.07, 6.45) is 1.96. The smallest absolute Gasteiger partial charge is 0.308 e. The van der Waals surface area contributed by atoms with Crippen LogP contribution in [0.1, 0.15) is 30.5 Å². The highest BCUT2D eigenvalue weighted by Gasteiger charge is 2.00. The Morgan fingerprint density at radius 2 is 1.37 bits per heavy atom. The standard InChI is InChI=1S/C17H18O2/c1-3-14-4-6-15(7-5-14)12-16-8-10-17(11-9-16)19-13(2)18/h4-11H,3,12H2,1-2H3. The first-order chi connectivity index (χ1) is 9.17. The van der Waals surface area contributed by atoms with E-state index in [9.17, 15) is 4.79 Å². The van der Waals surface area contributed by atoms with Crippen molar-refractivity contribution in [1.82, 2.24) is 0 Å². The van der Waals surface area contributed by atoms with Gasteiger partial charge in [-0.2, -0.15) is 0 Å². The molecule has 98 valence electrons. The van der Waals surface area contributed by atoms with Crippen molar-refractivity contribution in [1.29, 1.82) is 0 Å². The fraction of sp³-hybridized carbons (Fsp3) is 0.235. The van der Waals surface area contributed by atoms with Gasteiger partial charge in [-0.05, 0) is 41.7 Å². The van der Waals surface area contributed by atoms with E-state index in [4.69, 9.17) is 4.74 Å². The molecule has 0 unspecified atom stereocenters. The minimum atomic E-state index is -0.289. The molecular weight excluding hydrogens is 236 g/mol. The molecule has 0 heterocycles. The minimum Gasteiger partial charge on any atom is -0.427 e. The summed E-state index contributed by atoms with van der Waals surface area (Å²) < 4.78 is 5.01. The zero-order chi connectivity index (χ0) is 13.7. The molecule has 0 saturated carbocycles. The first kappa shape index (κ1) is 13.3. The molecule has 0 aliphatic heterocycles. The van der Waals surface area contributed by atoms with Crippen LogP contribution in [0.3, 0.4) is 0 Å². The van der Waals surface area contributed by atoms with Crippen LogP contribution in [0.4, 0.5) is 0 Å². The third-order valence-electron chi connectivity index (χ3n) is 3.02. The maximum Gasteiger partial charge on any atom is 0.308 e. The summed E-state index contributed by atoms with van der Waals surface area (Å²) in [6, 6.07) is 16.3. The molecule has 0 atom stereocenters.